The summed E-state index contributed by atoms with van der Waals surface area (Å²) in [6.07, 6.45) is 3.25. The minimum atomic E-state index is -0.384. The van der Waals surface area contributed by atoms with E-state index in [0.29, 0.717) is 30.9 Å². The maximum Gasteiger partial charge on any atom is 0.257 e. The number of nitrogens with zero attached hydrogens (tertiary/aromatic N) is 3. The van der Waals surface area contributed by atoms with Crippen LogP contribution in [-0.4, -0.2) is 52.8 Å². The predicted molar refractivity (Wildman–Crippen MR) is 124 cm³/mol. The third-order valence-corrected chi connectivity index (χ3v) is 6.31. The van der Waals surface area contributed by atoms with Gasteiger partial charge in [0.25, 0.3) is 5.91 Å². The summed E-state index contributed by atoms with van der Waals surface area (Å²) in [6, 6.07) is 6.35. The Morgan fingerprint density at radius 1 is 1.09 bits per heavy atom. The monoisotopic (exact) mass is 440 g/mol. The highest BCUT2D eigenvalue weighted by atomic mass is 19.1. The molecule has 0 spiro atoms. The fourth-order valence-corrected chi connectivity index (χ4v) is 4.09. The lowest BCUT2D eigenvalue weighted by atomic mass is 10.0. The molecule has 0 saturated carbocycles. The van der Waals surface area contributed by atoms with Crippen molar-refractivity contribution < 1.29 is 14.0 Å². The van der Waals surface area contributed by atoms with Crippen molar-refractivity contribution in [1.29, 1.82) is 0 Å². The first-order valence-electron chi connectivity index (χ1n) is 11.4. The lowest BCUT2D eigenvalue weighted by molar-refractivity contribution is -0.137. The minimum Gasteiger partial charge on any atom is -0.340 e. The van der Waals surface area contributed by atoms with Crippen LogP contribution in [0.15, 0.2) is 30.5 Å². The number of aromatic nitrogens is 1. The van der Waals surface area contributed by atoms with Crippen LogP contribution in [0.2, 0.25) is 0 Å². The summed E-state index contributed by atoms with van der Waals surface area (Å²) in [4.78, 5) is 33.5. The number of rotatable bonds is 7. The molecule has 2 heterocycles. The van der Waals surface area contributed by atoms with Crippen LogP contribution < -0.4 is 5.32 Å². The molecule has 1 aromatic carbocycles. The highest BCUT2D eigenvalue weighted by molar-refractivity contribution is 6.04. The van der Waals surface area contributed by atoms with Crippen molar-refractivity contribution in [3.05, 3.63) is 58.7 Å². The van der Waals surface area contributed by atoms with Crippen LogP contribution in [0.5, 0.6) is 0 Å². The van der Waals surface area contributed by atoms with E-state index in [1.807, 2.05) is 18.7 Å². The summed E-state index contributed by atoms with van der Waals surface area (Å²) < 4.78 is 14.4. The van der Waals surface area contributed by atoms with E-state index < -0.39 is 0 Å². The topological polar surface area (TPSA) is 65.5 Å². The van der Waals surface area contributed by atoms with Crippen molar-refractivity contribution in [2.45, 2.75) is 47.1 Å². The maximum absolute atomic E-state index is 14.4. The molecule has 6 nitrogen and oxygen atoms in total. The molecule has 0 unspecified atom stereocenters. The number of carbonyl (C=O) groups excluding carboxylic acids is 2. The average molecular weight is 441 g/mol. The lowest BCUT2D eigenvalue weighted by Crippen LogP contribution is -2.49. The molecule has 1 aromatic heterocycles. The molecular formula is C25H33FN4O2. The van der Waals surface area contributed by atoms with Crippen molar-refractivity contribution in [2.75, 3.05) is 31.5 Å². The summed E-state index contributed by atoms with van der Waals surface area (Å²) in [5.74, 6) is -0.356. The minimum absolute atomic E-state index is 0.0990. The van der Waals surface area contributed by atoms with Gasteiger partial charge in [0.1, 0.15) is 5.82 Å². The molecule has 32 heavy (non-hydrogen) atoms. The first-order valence-corrected chi connectivity index (χ1v) is 11.4. The molecule has 1 fully saturated rings. The molecule has 1 aliphatic rings. The summed E-state index contributed by atoms with van der Waals surface area (Å²) in [5, 5.41) is 2.82. The second-order valence-corrected chi connectivity index (χ2v) is 8.49. The second kappa shape index (κ2) is 10.7. The molecule has 0 radical (unpaired) electrons. The third kappa shape index (κ3) is 5.71. The Balaban J connectivity index is 1.65. The van der Waals surface area contributed by atoms with Gasteiger partial charge in [0.05, 0.1) is 5.56 Å². The Hall–Kier alpha value is -2.80. The number of nitrogens with one attached hydrogen (secondary N) is 1. The SMILES string of the molecule is CCC(CC)C(=O)N1CCN(Cc2cc(F)cc(NC(=O)c3ccc(C)nc3)c2C)CC1. The Labute approximate surface area is 189 Å². The molecule has 1 aliphatic heterocycles. The molecule has 7 heteroatoms. The summed E-state index contributed by atoms with van der Waals surface area (Å²) in [7, 11) is 0. The zero-order valence-electron chi connectivity index (χ0n) is 19.4. The molecule has 1 saturated heterocycles. The number of hydrogen-bond donors (Lipinski definition) is 1. The zero-order valence-corrected chi connectivity index (χ0v) is 19.4. The number of piperazine rings is 1. The maximum atomic E-state index is 14.4. The van der Waals surface area contributed by atoms with E-state index >= 15 is 0 Å². The number of hydrogen-bond acceptors (Lipinski definition) is 4. The summed E-state index contributed by atoms with van der Waals surface area (Å²) in [6.45, 7) is 11.3. The van der Waals surface area contributed by atoms with Crippen LogP contribution >= 0.6 is 0 Å². The first kappa shape index (κ1) is 23.9. The van der Waals surface area contributed by atoms with Crippen molar-refractivity contribution in [2.24, 2.45) is 5.92 Å². The number of halogens is 1. The first-order chi connectivity index (χ1) is 15.3. The number of anilines is 1. The van der Waals surface area contributed by atoms with E-state index in [1.54, 1.807) is 12.1 Å². The quantitative estimate of drug-likeness (QED) is 0.702. The van der Waals surface area contributed by atoms with Crippen LogP contribution in [0.4, 0.5) is 10.1 Å². The van der Waals surface area contributed by atoms with Crippen molar-refractivity contribution in [1.82, 2.24) is 14.8 Å². The van der Waals surface area contributed by atoms with Gasteiger partial charge in [-0.05, 0) is 62.1 Å². The Morgan fingerprint density at radius 3 is 2.38 bits per heavy atom. The number of amides is 2. The van der Waals surface area contributed by atoms with Crippen molar-refractivity contribution in [3.8, 4) is 0 Å². The molecule has 2 aromatic rings. The molecular weight excluding hydrogens is 407 g/mol. The summed E-state index contributed by atoms with van der Waals surface area (Å²) >= 11 is 0. The fourth-order valence-electron chi connectivity index (χ4n) is 4.09. The summed E-state index contributed by atoms with van der Waals surface area (Å²) in [5.41, 5.74) is 3.40. The highest BCUT2D eigenvalue weighted by Gasteiger charge is 2.26. The second-order valence-electron chi connectivity index (χ2n) is 8.49. The Bertz CT molecular complexity index is 949. The molecule has 0 bridgehead atoms. The van der Waals surface area contributed by atoms with E-state index in [1.165, 1.54) is 18.3 Å². The fraction of sp³-hybridized carbons (Fsp3) is 0.480. The van der Waals surface area contributed by atoms with Crippen molar-refractivity contribution in [3.63, 3.8) is 0 Å². The van der Waals surface area contributed by atoms with Crippen LogP contribution in [-0.2, 0) is 11.3 Å². The molecule has 172 valence electrons. The predicted octanol–water partition coefficient (Wildman–Crippen LogP) is 4.17. The standard InChI is InChI=1S/C25H33FN4O2/c1-5-19(6-2)25(32)30-11-9-29(10-12-30)16-21-13-22(26)14-23(18(21)4)28-24(31)20-8-7-17(3)27-15-20/h7-8,13-15,19H,5-6,9-12,16H2,1-4H3,(H,28,31). The van der Waals surface area contributed by atoms with Gasteiger partial charge in [-0.2, -0.15) is 0 Å². The van der Waals surface area contributed by atoms with Gasteiger partial charge in [0.2, 0.25) is 5.91 Å². The van der Waals surface area contributed by atoms with E-state index in [2.05, 4.69) is 29.0 Å². The van der Waals surface area contributed by atoms with E-state index in [9.17, 15) is 14.0 Å². The van der Waals surface area contributed by atoms with Crippen LogP contribution in [0.25, 0.3) is 0 Å². The number of carbonyl (C=O) groups is 2. The number of pyridine rings is 1. The van der Waals surface area contributed by atoms with E-state index in [4.69, 9.17) is 0 Å². The molecule has 2 amide bonds. The van der Waals surface area contributed by atoms with E-state index in [-0.39, 0.29) is 23.5 Å². The van der Waals surface area contributed by atoms with Gasteiger partial charge in [-0.3, -0.25) is 19.5 Å². The van der Waals surface area contributed by atoms with Crippen LogP contribution in [0.1, 0.15) is 53.9 Å². The van der Waals surface area contributed by atoms with Gasteiger partial charge in [0, 0.05) is 56.2 Å². The molecule has 3 rings (SSSR count). The highest BCUT2D eigenvalue weighted by Crippen LogP contribution is 2.24. The molecule has 1 N–H and O–H groups in total. The Morgan fingerprint density at radius 2 is 1.78 bits per heavy atom. The lowest BCUT2D eigenvalue weighted by Gasteiger charge is -2.36. The van der Waals surface area contributed by atoms with Gasteiger partial charge >= 0.3 is 0 Å². The number of aryl methyl sites for hydroxylation is 1. The number of benzene rings is 1. The van der Waals surface area contributed by atoms with Gasteiger partial charge in [-0.1, -0.05) is 13.8 Å². The van der Waals surface area contributed by atoms with Gasteiger partial charge in [0.15, 0.2) is 0 Å². The van der Waals surface area contributed by atoms with Gasteiger partial charge in [-0.15, -0.1) is 0 Å². The van der Waals surface area contributed by atoms with Crippen LogP contribution in [0.3, 0.4) is 0 Å². The van der Waals surface area contributed by atoms with Crippen LogP contribution in [0, 0.1) is 25.6 Å². The smallest absolute Gasteiger partial charge is 0.257 e. The Kier molecular flexibility index (Phi) is 7.96. The largest absolute Gasteiger partial charge is 0.340 e. The van der Waals surface area contributed by atoms with Gasteiger partial charge < -0.3 is 10.2 Å². The van der Waals surface area contributed by atoms with Crippen molar-refractivity contribution >= 4 is 17.5 Å². The van der Waals surface area contributed by atoms with Gasteiger partial charge in [-0.25, -0.2) is 4.39 Å². The zero-order chi connectivity index (χ0) is 23.3. The normalized spacial score (nSPS) is 14.6. The molecule has 0 aliphatic carbocycles. The third-order valence-electron chi connectivity index (χ3n) is 6.31. The molecule has 0 atom stereocenters. The average Bonchev–Trinajstić information content (AvgIpc) is 2.78. The van der Waals surface area contributed by atoms with E-state index in [0.717, 1.165) is 42.8 Å².